The van der Waals surface area contributed by atoms with Gasteiger partial charge in [0.15, 0.2) is 0 Å². The van der Waals surface area contributed by atoms with Crippen molar-refractivity contribution < 1.29 is 4.39 Å². The van der Waals surface area contributed by atoms with Crippen molar-refractivity contribution >= 4 is 43.2 Å². The SMILES string of the molecule is NNC(Cc1ccc(F)cc1Br)c1ccc(Br)s1. The molecule has 0 radical (unpaired) electrons. The van der Waals surface area contributed by atoms with Crippen LogP contribution in [0.15, 0.2) is 38.6 Å². The molecule has 96 valence electrons. The van der Waals surface area contributed by atoms with Gasteiger partial charge >= 0.3 is 0 Å². The molecule has 1 unspecified atom stereocenters. The van der Waals surface area contributed by atoms with Gasteiger partial charge in [0.2, 0.25) is 0 Å². The van der Waals surface area contributed by atoms with Crippen molar-refractivity contribution in [3.8, 4) is 0 Å². The summed E-state index contributed by atoms with van der Waals surface area (Å²) in [6.45, 7) is 0. The summed E-state index contributed by atoms with van der Waals surface area (Å²) in [4.78, 5) is 1.14. The molecule has 3 N–H and O–H groups in total. The van der Waals surface area contributed by atoms with Crippen molar-refractivity contribution in [2.24, 2.45) is 5.84 Å². The molecule has 6 heteroatoms. The summed E-state index contributed by atoms with van der Waals surface area (Å²) in [5, 5.41) is 0. The van der Waals surface area contributed by atoms with Gasteiger partial charge in [-0.25, -0.2) is 4.39 Å². The van der Waals surface area contributed by atoms with Gasteiger partial charge in [-0.15, -0.1) is 11.3 Å². The topological polar surface area (TPSA) is 38.0 Å². The van der Waals surface area contributed by atoms with Crippen LogP contribution in [0.1, 0.15) is 16.5 Å². The average Bonchev–Trinajstić information content (AvgIpc) is 2.75. The summed E-state index contributed by atoms with van der Waals surface area (Å²) in [7, 11) is 0. The van der Waals surface area contributed by atoms with E-state index in [9.17, 15) is 4.39 Å². The van der Waals surface area contributed by atoms with E-state index in [4.69, 9.17) is 5.84 Å². The van der Waals surface area contributed by atoms with Crippen LogP contribution in [0, 0.1) is 5.82 Å². The van der Waals surface area contributed by atoms with Gasteiger partial charge in [-0.05, 0) is 52.2 Å². The quantitative estimate of drug-likeness (QED) is 0.604. The highest BCUT2D eigenvalue weighted by Gasteiger charge is 2.14. The van der Waals surface area contributed by atoms with E-state index in [0.717, 1.165) is 18.7 Å². The smallest absolute Gasteiger partial charge is 0.124 e. The van der Waals surface area contributed by atoms with Crippen molar-refractivity contribution in [1.82, 2.24) is 5.43 Å². The lowest BCUT2D eigenvalue weighted by atomic mass is 10.1. The molecule has 0 saturated carbocycles. The third-order valence-electron chi connectivity index (χ3n) is 2.58. The molecule has 1 aromatic carbocycles. The Kier molecular flexibility index (Phi) is 4.91. The number of nitrogens with two attached hydrogens (primary N) is 1. The van der Waals surface area contributed by atoms with E-state index in [1.54, 1.807) is 17.4 Å². The van der Waals surface area contributed by atoms with Crippen LogP contribution in [0.2, 0.25) is 0 Å². The average molecular weight is 394 g/mol. The first-order chi connectivity index (χ1) is 8.60. The molecule has 0 saturated heterocycles. The number of halogens is 3. The minimum Gasteiger partial charge on any atom is -0.271 e. The van der Waals surface area contributed by atoms with Crippen LogP contribution in [0.5, 0.6) is 0 Å². The van der Waals surface area contributed by atoms with Gasteiger partial charge in [0.25, 0.3) is 0 Å². The normalized spacial score (nSPS) is 12.7. The van der Waals surface area contributed by atoms with Gasteiger partial charge in [0, 0.05) is 9.35 Å². The van der Waals surface area contributed by atoms with E-state index >= 15 is 0 Å². The van der Waals surface area contributed by atoms with Crippen LogP contribution >= 0.6 is 43.2 Å². The first kappa shape index (κ1) is 14.1. The molecule has 1 aromatic heterocycles. The lowest BCUT2D eigenvalue weighted by Crippen LogP contribution is -2.29. The molecule has 1 atom stereocenters. The minimum absolute atomic E-state index is 0.0167. The number of rotatable bonds is 4. The monoisotopic (exact) mass is 392 g/mol. The Morgan fingerprint density at radius 3 is 2.61 bits per heavy atom. The molecule has 0 aliphatic rings. The first-order valence-electron chi connectivity index (χ1n) is 5.25. The maximum absolute atomic E-state index is 13.0. The van der Waals surface area contributed by atoms with Crippen molar-refractivity contribution in [2.45, 2.75) is 12.5 Å². The number of hydrazine groups is 1. The summed E-state index contributed by atoms with van der Waals surface area (Å²) >= 11 is 8.43. The van der Waals surface area contributed by atoms with Crippen molar-refractivity contribution in [3.05, 3.63) is 54.8 Å². The standard InChI is InChI=1S/C12H11Br2FN2S/c13-9-6-8(15)2-1-7(9)5-10(17-16)11-3-4-12(14)18-11/h1-4,6,10,17H,5,16H2. The highest BCUT2D eigenvalue weighted by molar-refractivity contribution is 9.11. The third kappa shape index (κ3) is 3.39. The summed E-state index contributed by atoms with van der Waals surface area (Å²) in [6, 6.07) is 8.72. The Labute approximate surface area is 126 Å². The number of benzene rings is 1. The molecule has 0 bridgehead atoms. The van der Waals surface area contributed by atoms with Gasteiger partial charge in [-0.2, -0.15) is 0 Å². The third-order valence-corrected chi connectivity index (χ3v) is 5.05. The van der Waals surface area contributed by atoms with Crippen LogP contribution < -0.4 is 11.3 Å². The van der Waals surface area contributed by atoms with Crippen LogP contribution in [0.4, 0.5) is 4.39 Å². The molecular formula is C12H11Br2FN2S. The summed E-state index contributed by atoms with van der Waals surface area (Å²) in [5.74, 6) is 5.35. The molecule has 0 spiro atoms. The zero-order valence-corrected chi connectivity index (χ0v) is 13.3. The Bertz CT molecular complexity index is 545. The molecule has 2 aromatic rings. The van der Waals surface area contributed by atoms with Crippen molar-refractivity contribution in [2.75, 3.05) is 0 Å². The van der Waals surface area contributed by atoms with Crippen LogP contribution in [0.25, 0.3) is 0 Å². The second kappa shape index (κ2) is 6.25. The van der Waals surface area contributed by atoms with E-state index in [-0.39, 0.29) is 11.9 Å². The number of nitrogens with one attached hydrogen (secondary N) is 1. The molecule has 0 fully saturated rings. The van der Waals surface area contributed by atoms with E-state index in [0.29, 0.717) is 6.42 Å². The van der Waals surface area contributed by atoms with Crippen LogP contribution in [-0.2, 0) is 6.42 Å². The molecule has 18 heavy (non-hydrogen) atoms. The fourth-order valence-corrected chi connectivity index (χ4v) is 3.66. The largest absolute Gasteiger partial charge is 0.271 e. The predicted octanol–water partition coefficient (Wildman–Crippen LogP) is 4.16. The van der Waals surface area contributed by atoms with E-state index < -0.39 is 0 Å². The Morgan fingerprint density at radius 2 is 2.06 bits per heavy atom. The fourth-order valence-electron chi connectivity index (χ4n) is 1.66. The molecule has 0 aliphatic carbocycles. The Balaban J connectivity index is 2.20. The van der Waals surface area contributed by atoms with E-state index in [1.807, 2.05) is 12.1 Å². The molecule has 2 nitrogen and oxygen atoms in total. The molecule has 0 amide bonds. The molecule has 0 aliphatic heterocycles. The second-order valence-electron chi connectivity index (χ2n) is 3.80. The fraction of sp³-hybridized carbons (Fsp3) is 0.167. The number of hydrogen-bond donors (Lipinski definition) is 2. The van der Waals surface area contributed by atoms with Gasteiger partial charge in [0.05, 0.1) is 9.83 Å². The van der Waals surface area contributed by atoms with E-state index in [1.165, 1.54) is 12.1 Å². The molecule has 1 heterocycles. The number of thiophene rings is 1. The Morgan fingerprint density at radius 1 is 1.28 bits per heavy atom. The van der Waals surface area contributed by atoms with Crippen LogP contribution in [0.3, 0.4) is 0 Å². The van der Waals surface area contributed by atoms with Gasteiger partial charge < -0.3 is 0 Å². The summed E-state index contributed by atoms with van der Waals surface area (Å²) < 4.78 is 14.8. The first-order valence-corrected chi connectivity index (χ1v) is 7.65. The lowest BCUT2D eigenvalue weighted by molar-refractivity contribution is 0.558. The lowest BCUT2D eigenvalue weighted by Gasteiger charge is -2.15. The van der Waals surface area contributed by atoms with E-state index in [2.05, 4.69) is 37.3 Å². The zero-order chi connectivity index (χ0) is 13.1. The van der Waals surface area contributed by atoms with Crippen LogP contribution in [-0.4, -0.2) is 0 Å². The minimum atomic E-state index is -0.248. The van der Waals surface area contributed by atoms with Gasteiger partial charge in [0.1, 0.15) is 5.82 Å². The molecular weight excluding hydrogens is 383 g/mol. The second-order valence-corrected chi connectivity index (χ2v) is 7.15. The van der Waals surface area contributed by atoms with Gasteiger partial charge in [-0.3, -0.25) is 11.3 Å². The summed E-state index contributed by atoms with van der Waals surface area (Å²) in [6.07, 6.45) is 0.699. The zero-order valence-electron chi connectivity index (χ0n) is 9.29. The maximum atomic E-state index is 13.0. The maximum Gasteiger partial charge on any atom is 0.124 e. The van der Waals surface area contributed by atoms with Gasteiger partial charge in [-0.1, -0.05) is 22.0 Å². The summed E-state index contributed by atoms with van der Waals surface area (Å²) in [5.41, 5.74) is 3.81. The molecule has 2 rings (SSSR count). The van der Waals surface area contributed by atoms with Crippen molar-refractivity contribution in [3.63, 3.8) is 0 Å². The number of hydrogen-bond acceptors (Lipinski definition) is 3. The Hall–Kier alpha value is -0.270. The highest BCUT2D eigenvalue weighted by atomic mass is 79.9. The van der Waals surface area contributed by atoms with Crippen molar-refractivity contribution in [1.29, 1.82) is 0 Å². The highest BCUT2D eigenvalue weighted by Crippen LogP contribution is 2.30. The predicted molar refractivity (Wildman–Crippen MR) is 79.9 cm³/mol.